The van der Waals surface area contributed by atoms with Crippen LogP contribution in [0.2, 0.25) is 0 Å². The molecule has 0 aromatic heterocycles. The van der Waals surface area contributed by atoms with E-state index in [0.29, 0.717) is 30.6 Å². The van der Waals surface area contributed by atoms with Gasteiger partial charge < -0.3 is 15.0 Å². The van der Waals surface area contributed by atoms with Crippen molar-refractivity contribution in [2.24, 2.45) is 0 Å². The summed E-state index contributed by atoms with van der Waals surface area (Å²) in [6.45, 7) is 2.47. The molecule has 2 aromatic rings. The lowest BCUT2D eigenvalue weighted by molar-refractivity contribution is -0.120. The fraction of sp³-hybridized carbons (Fsp3) is 0.296. The van der Waals surface area contributed by atoms with Crippen LogP contribution in [-0.2, 0) is 14.3 Å². The monoisotopic (exact) mass is 564 g/mol. The quantitative estimate of drug-likeness (QED) is 0.317. The molecule has 0 bridgehead atoms. The van der Waals surface area contributed by atoms with Crippen molar-refractivity contribution >= 4 is 52.1 Å². The number of nitrogens with one attached hydrogen (secondary N) is 1. The highest BCUT2D eigenvalue weighted by Gasteiger charge is 2.29. The predicted molar refractivity (Wildman–Crippen MR) is 142 cm³/mol. The Balaban J connectivity index is 1.52. The summed E-state index contributed by atoms with van der Waals surface area (Å²) in [4.78, 5) is 27.9. The zero-order valence-electron chi connectivity index (χ0n) is 20.1. The lowest BCUT2D eigenvalue weighted by Crippen LogP contribution is -2.41. The molecule has 4 rings (SSSR count). The van der Waals surface area contributed by atoms with E-state index in [-0.39, 0.29) is 52.6 Å². The number of ether oxygens (including phenoxy) is 1. The molecule has 11 heteroatoms. The molecule has 1 aliphatic carbocycles. The Kier molecular flexibility index (Phi) is 9.35. The second kappa shape index (κ2) is 12.7. The predicted octanol–water partition coefficient (Wildman–Crippen LogP) is 4.91. The third-order valence-electron chi connectivity index (χ3n) is 6.05. The second-order valence-electron chi connectivity index (χ2n) is 8.84. The van der Waals surface area contributed by atoms with Gasteiger partial charge in [0.15, 0.2) is 29.1 Å². The molecule has 1 aliphatic heterocycles. The van der Waals surface area contributed by atoms with Crippen LogP contribution in [0.4, 0.5) is 17.6 Å². The molecule has 0 unspecified atom stereocenters. The average molecular weight is 565 g/mol. The van der Waals surface area contributed by atoms with E-state index in [1.165, 1.54) is 36.0 Å². The van der Waals surface area contributed by atoms with Gasteiger partial charge in [-0.05, 0) is 60.4 Å². The number of carbonyl (C=O) groups is 2. The van der Waals surface area contributed by atoms with Crippen LogP contribution >= 0.6 is 24.0 Å². The van der Waals surface area contributed by atoms with Crippen LogP contribution < -0.4 is 5.32 Å². The van der Waals surface area contributed by atoms with Gasteiger partial charge in [0, 0.05) is 30.3 Å². The number of rotatable bonds is 5. The summed E-state index contributed by atoms with van der Waals surface area (Å²) in [6.07, 6.45) is 3.17. The molecule has 1 heterocycles. The number of morpholine rings is 1. The minimum atomic E-state index is -1.06. The van der Waals surface area contributed by atoms with Crippen LogP contribution in [0.1, 0.15) is 24.0 Å². The number of thioether (sulfide) groups is 1. The molecular weight excluding hydrogens is 540 g/mol. The van der Waals surface area contributed by atoms with Crippen molar-refractivity contribution in [3.8, 4) is 0 Å². The van der Waals surface area contributed by atoms with Crippen molar-refractivity contribution < 1.29 is 31.9 Å². The smallest absolute Gasteiger partial charge is 0.230 e. The normalized spacial score (nSPS) is 20.2. The first kappa shape index (κ1) is 28.0. The minimum Gasteiger partial charge on any atom is -0.378 e. The van der Waals surface area contributed by atoms with E-state index >= 15 is 0 Å². The molecule has 0 spiro atoms. The number of nitrogens with zero attached hydrogens (tertiary/aromatic N) is 1. The Bertz CT molecular complexity index is 1240. The molecule has 2 aromatic carbocycles. The SMILES string of the molecule is O=C(CSC(=S)N1CCOCC1)NC1C/C(=C\c2ccc(F)c(F)c2)C(=O)/C(=C/c2ccc(F)c(F)c2)C1. The van der Waals surface area contributed by atoms with Crippen LogP contribution in [0.15, 0.2) is 47.5 Å². The van der Waals surface area contributed by atoms with Gasteiger partial charge in [-0.25, -0.2) is 17.6 Å². The molecule has 5 nitrogen and oxygen atoms in total. The minimum absolute atomic E-state index is 0.0745. The van der Waals surface area contributed by atoms with Gasteiger partial charge in [0.1, 0.15) is 4.32 Å². The summed E-state index contributed by atoms with van der Waals surface area (Å²) in [6, 6.07) is 6.04. The van der Waals surface area contributed by atoms with Crippen molar-refractivity contribution in [1.29, 1.82) is 0 Å². The molecule has 38 heavy (non-hydrogen) atoms. The zero-order valence-corrected chi connectivity index (χ0v) is 21.8. The van der Waals surface area contributed by atoms with E-state index < -0.39 is 29.3 Å². The average Bonchev–Trinajstić information content (AvgIpc) is 2.90. The van der Waals surface area contributed by atoms with Gasteiger partial charge in [-0.3, -0.25) is 9.59 Å². The number of halogens is 4. The first-order valence-electron chi connectivity index (χ1n) is 11.8. The van der Waals surface area contributed by atoms with Crippen molar-refractivity contribution in [2.75, 3.05) is 32.1 Å². The summed E-state index contributed by atoms with van der Waals surface area (Å²) in [7, 11) is 0. The Morgan fingerprint density at radius 3 is 1.97 bits per heavy atom. The molecule has 1 N–H and O–H groups in total. The number of thiocarbonyl (C=S) groups is 1. The molecule has 1 saturated heterocycles. The van der Waals surface area contributed by atoms with Crippen molar-refractivity contribution in [3.05, 3.63) is 81.9 Å². The van der Waals surface area contributed by atoms with Crippen LogP contribution in [0, 0.1) is 23.3 Å². The fourth-order valence-electron chi connectivity index (χ4n) is 4.19. The molecular formula is C27H24F4N2O3S2. The molecule has 0 radical (unpaired) electrons. The van der Waals surface area contributed by atoms with Gasteiger partial charge in [-0.1, -0.05) is 36.1 Å². The van der Waals surface area contributed by atoms with E-state index in [1.807, 2.05) is 4.90 Å². The first-order valence-corrected chi connectivity index (χ1v) is 13.2. The van der Waals surface area contributed by atoms with Crippen LogP contribution in [0.25, 0.3) is 12.2 Å². The molecule has 200 valence electrons. The summed E-state index contributed by atoms with van der Waals surface area (Å²) in [5.74, 6) is -4.74. The highest BCUT2D eigenvalue weighted by atomic mass is 32.2. The Morgan fingerprint density at radius 2 is 1.47 bits per heavy atom. The Labute approximate surface area is 226 Å². The number of hydrogen-bond acceptors (Lipinski definition) is 5. The third kappa shape index (κ3) is 7.30. The molecule has 1 amide bonds. The zero-order chi connectivity index (χ0) is 27.2. The maximum absolute atomic E-state index is 13.8. The number of benzene rings is 2. The molecule has 0 atom stereocenters. The van der Waals surface area contributed by atoms with E-state index in [4.69, 9.17) is 17.0 Å². The van der Waals surface area contributed by atoms with Crippen molar-refractivity contribution in [2.45, 2.75) is 18.9 Å². The first-order chi connectivity index (χ1) is 18.2. The standard InChI is InChI=1S/C27H24F4N2O3S2/c28-21-3-1-16(11-23(21)30)9-18-13-20(32-25(34)15-38-27(37)33-5-7-36-8-6-33)14-19(26(18)35)10-17-2-4-22(29)24(31)12-17/h1-4,9-12,20H,5-8,13-15H2,(H,32,34)/b18-9+,19-10+. The molecule has 2 aliphatic rings. The molecule has 2 fully saturated rings. The van der Waals surface area contributed by atoms with Crippen molar-refractivity contribution in [3.63, 3.8) is 0 Å². The van der Waals surface area contributed by atoms with E-state index in [1.54, 1.807) is 0 Å². The second-order valence-corrected chi connectivity index (χ2v) is 10.5. The topological polar surface area (TPSA) is 58.6 Å². The number of ketones is 1. The van der Waals surface area contributed by atoms with Gasteiger partial charge in [0.05, 0.1) is 19.0 Å². The van der Waals surface area contributed by atoms with Crippen LogP contribution in [-0.4, -0.2) is 59.0 Å². The van der Waals surface area contributed by atoms with E-state index in [0.717, 1.165) is 24.3 Å². The summed E-state index contributed by atoms with van der Waals surface area (Å²) >= 11 is 6.64. The maximum Gasteiger partial charge on any atom is 0.230 e. The van der Waals surface area contributed by atoms with Crippen LogP contribution in [0.5, 0.6) is 0 Å². The maximum atomic E-state index is 13.8. The number of hydrogen-bond donors (Lipinski definition) is 1. The highest BCUT2D eigenvalue weighted by molar-refractivity contribution is 8.23. The number of carbonyl (C=O) groups excluding carboxylic acids is 2. The van der Waals surface area contributed by atoms with E-state index in [2.05, 4.69) is 5.32 Å². The van der Waals surface area contributed by atoms with Gasteiger partial charge in [-0.2, -0.15) is 0 Å². The van der Waals surface area contributed by atoms with Crippen molar-refractivity contribution in [1.82, 2.24) is 10.2 Å². The number of amides is 1. The van der Waals surface area contributed by atoms with Gasteiger partial charge in [0.2, 0.25) is 5.91 Å². The lowest BCUT2D eigenvalue weighted by atomic mass is 9.83. The summed E-state index contributed by atoms with van der Waals surface area (Å²) in [5, 5.41) is 2.91. The number of Topliss-reactive ketones (excluding diaryl/α,β-unsaturated/α-hetero) is 1. The van der Waals surface area contributed by atoms with Gasteiger partial charge in [0.25, 0.3) is 0 Å². The van der Waals surface area contributed by atoms with E-state index in [9.17, 15) is 27.2 Å². The Morgan fingerprint density at radius 1 is 0.947 bits per heavy atom. The summed E-state index contributed by atoms with van der Waals surface area (Å²) in [5.41, 5.74) is 1.08. The Hall–Kier alpha value is -3.02. The third-order valence-corrected chi connectivity index (χ3v) is 7.57. The van der Waals surface area contributed by atoms with Gasteiger partial charge in [-0.15, -0.1) is 0 Å². The lowest BCUT2D eigenvalue weighted by Gasteiger charge is -2.29. The van der Waals surface area contributed by atoms with Crippen LogP contribution in [0.3, 0.4) is 0 Å². The largest absolute Gasteiger partial charge is 0.378 e. The highest BCUT2D eigenvalue weighted by Crippen LogP contribution is 2.29. The molecule has 1 saturated carbocycles. The van der Waals surface area contributed by atoms with Gasteiger partial charge >= 0.3 is 0 Å². The fourth-order valence-corrected chi connectivity index (χ4v) is 5.25. The summed E-state index contributed by atoms with van der Waals surface area (Å²) < 4.78 is 60.2.